The summed E-state index contributed by atoms with van der Waals surface area (Å²) in [5.74, 6) is -2.69. The van der Waals surface area contributed by atoms with Crippen LogP contribution >= 0.6 is 0 Å². The summed E-state index contributed by atoms with van der Waals surface area (Å²) < 4.78 is 30.1. The van der Waals surface area contributed by atoms with E-state index < -0.39 is 5.92 Å². The van der Waals surface area contributed by atoms with Crippen molar-refractivity contribution in [2.75, 3.05) is 0 Å². The number of alkyl halides is 2. The van der Waals surface area contributed by atoms with Crippen LogP contribution in [0.25, 0.3) is 10.9 Å². The van der Waals surface area contributed by atoms with Crippen LogP contribution in [0.2, 0.25) is 0 Å². The molecule has 1 aliphatic rings. The predicted octanol–water partition coefficient (Wildman–Crippen LogP) is 4.43. The lowest BCUT2D eigenvalue weighted by Crippen LogP contribution is -2.19. The van der Waals surface area contributed by atoms with Gasteiger partial charge in [-0.05, 0) is 17.0 Å². The SMILES string of the molecule is CC(C)(C)c1c2n(c3ccccc13)CCC2(F)F. The van der Waals surface area contributed by atoms with Crippen LogP contribution in [0.4, 0.5) is 8.78 Å². The Morgan fingerprint density at radius 2 is 1.83 bits per heavy atom. The number of nitrogens with zero attached hydrogens (tertiary/aromatic N) is 1. The van der Waals surface area contributed by atoms with Gasteiger partial charge in [0.1, 0.15) is 0 Å². The first-order valence-electron chi connectivity index (χ1n) is 6.32. The summed E-state index contributed by atoms with van der Waals surface area (Å²) in [7, 11) is 0. The molecular weight excluding hydrogens is 232 g/mol. The minimum atomic E-state index is -2.69. The fraction of sp³-hybridized carbons (Fsp3) is 0.467. The maximum Gasteiger partial charge on any atom is 0.289 e. The molecule has 0 spiro atoms. The van der Waals surface area contributed by atoms with Gasteiger partial charge in [-0.2, -0.15) is 8.78 Å². The van der Waals surface area contributed by atoms with Crippen molar-refractivity contribution in [1.82, 2.24) is 4.57 Å². The molecule has 0 atom stereocenters. The van der Waals surface area contributed by atoms with Crippen LogP contribution in [0, 0.1) is 0 Å². The molecule has 18 heavy (non-hydrogen) atoms. The van der Waals surface area contributed by atoms with E-state index in [2.05, 4.69) is 0 Å². The number of rotatable bonds is 0. The van der Waals surface area contributed by atoms with Gasteiger partial charge in [0.05, 0.1) is 5.69 Å². The Bertz CT molecular complexity index is 617. The van der Waals surface area contributed by atoms with Crippen LogP contribution in [0.3, 0.4) is 0 Å². The second-order valence-electron chi connectivity index (χ2n) is 6.10. The highest BCUT2D eigenvalue weighted by Gasteiger charge is 2.45. The molecule has 0 unspecified atom stereocenters. The molecule has 0 radical (unpaired) electrons. The topological polar surface area (TPSA) is 4.93 Å². The fourth-order valence-electron chi connectivity index (χ4n) is 3.05. The standard InChI is InChI=1S/C15H17F2N/c1-14(2,3)12-10-6-4-5-7-11(10)18-9-8-15(16,17)13(12)18/h4-7H,8-9H2,1-3H3. The Morgan fingerprint density at radius 3 is 2.50 bits per heavy atom. The van der Waals surface area contributed by atoms with Gasteiger partial charge >= 0.3 is 0 Å². The molecule has 2 heterocycles. The van der Waals surface area contributed by atoms with Crippen molar-refractivity contribution >= 4 is 10.9 Å². The van der Waals surface area contributed by atoms with Gasteiger partial charge in [-0.3, -0.25) is 0 Å². The second-order valence-corrected chi connectivity index (χ2v) is 6.10. The summed E-state index contributed by atoms with van der Waals surface area (Å²) in [6.45, 7) is 6.43. The molecule has 0 amide bonds. The normalized spacial score (nSPS) is 18.3. The maximum atomic E-state index is 14.1. The Morgan fingerprint density at radius 1 is 1.17 bits per heavy atom. The van der Waals surface area contributed by atoms with E-state index >= 15 is 0 Å². The quantitative estimate of drug-likeness (QED) is 0.650. The molecule has 1 aromatic carbocycles. The minimum Gasteiger partial charge on any atom is -0.339 e. The minimum absolute atomic E-state index is 0.0732. The van der Waals surface area contributed by atoms with E-state index in [1.54, 1.807) is 4.57 Å². The molecular formula is C15H17F2N. The monoisotopic (exact) mass is 249 g/mol. The Labute approximate surface area is 105 Å². The molecule has 0 saturated carbocycles. The number of hydrogen-bond acceptors (Lipinski definition) is 0. The molecule has 96 valence electrons. The Hall–Kier alpha value is -1.38. The molecule has 0 bridgehead atoms. The number of para-hydroxylation sites is 1. The van der Waals surface area contributed by atoms with Gasteiger partial charge in [0.25, 0.3) is 5.92 Å². The van der Waals surface area contributed by atoms with Crippen molar-refractivity contribution in [3.63, 3.8) is 0 Å². The summed E-state index contributed by atoms with van der Waals surface area (Å²) >= 11 is 0. The molecule has 0 aliphatic carbocycles. The van der Waals surface area contributed by atoms with E-state index in [0.29, 0.717) is 6.54 Å². The predicted molar refractivity (Wildman–Crippen MR) is 69.1 cm³/mol. The van der Waals surface area contributed by atoms with Gasteiger partial charge in [-0.1, -0.05) is 39.0 Å². The molecule has 0 N–H and O–H groups in total. The third kappa shape index (κ3) is 1.43. The largest absolute Gasteiger partial charge is 0.339 e. The Balaban J connectivity index is 2.47. The van der Waals surface area contributed by atoms with Crippen molar-refractivity contribution in [1.29, 1.82) is 0 Å². The lowest BCUT2D eigenvalue weighted by molar-refractivity contribution is -0.00354. The number of hydrogen-bond donors (Lipinski definition) is 0. The van der Waals surface area contributed by atoms with Crippen LogP contribution in [-0.2, 0) is 17.9 Å². The summed E-state index contributed by atoms with van der Waals surface area (Å²) in [5, 5.41) is 0.972. The first-order chi connectivity index (χ1) is 8.32. The summed E-state index contributed by atoms with van der Waals surface area (Å²) in [4.78, 5) is 0. The summed E-state index contributed by atoms with van der Waals surface area (Å²) in [6.07, 6.45) is -0.0732. The number of aryl methyl sites for hydroxylation is 1. The molecule has 3 heteroatoms. The molecule has 1 nitrogen and oxygen atoms in total. The molecule has 0 saturated heterocycles. The summed E-state index contributed by atoms with van der Waals surface area (Å²) in [5.41, 5.74) is 1.71. The molecule has 2 aromatic rings. The van der Waals surface area contributed by atoms with Crippen LogP contribution < -0.4 is 0 Å². The fourth-order valence-corrected chi connectivity index (χ4v) is 3.05. The number of benzene rings is 1. The number of fused-ring (bicyclic) bond motifs is 3. The van der Waals surface area contributed by atoms with Crippen LogP contribution in [0.5, 0.6) is 0 Å². The van der Waals surface area contributed by atoms with E-state index in [9.17, 15) is 8.78 Å². The number of aromatic nitrogens is 1. The molecule has 1 aromatic heterocycles. The van der Waals surface area contributed by atoms with E-state index in [0.717, 1.165) is 16.5 Å². The van der Waals surface area contributed by atoms with Crippen LogP contribution in [0.15, 0.2) is 24.3 Å². The summed E-state index contributed by atoms with van der Waals surface area (Å²) in [6, 6.07) is 7.73. The highest BCUT2D eigenvalue weighted by molar-refractivity contribution is 5.87. The molecule has 0 fully saturated rings. The van der Waals surface area contributed by atoms with Gasteiger partial charge in [-0.25, -0.2) is 0 Å². The highest BCUT2D eigenvalue weighted by atomic mass is 19.3. The Kier molecular flexibility index (Phi) is 2.17. The zero-order chi connectivity index (χ0) is 13.1. The average Bonchev–Trinajstić information content (AvgIpc) is 2.74. The zero-order valence-electron chi connectivity index (χ0n) is 10.9. The van der Waals surface area contributed by atoms with Gasteiger partial charge in [0.15, 0.2) is 0 Å². The number of halogens is 2. The lowest BCUT2D eigenvalue weighted by Gasteiger charge is -2.22. The van der Waals surface area contributed by atoms with Crippen LogP contribution in [0.1, 0.15) is 38.4 Å². The third-order valence-corrected chi connectivity index (χ3v) is 3.72. The second kappa shape index (κ2) is 3.34. The van der Waals surface area contributed by atoms with Crippen molar-refractivity contribution in [2.24, 2.45) is 0 Å². The highest BCUT2D eigenvalue weighted by Crippen LogP contribution is 2.48. The van der Waals surface area contributed by atoms with Gasteiger partial charge in [0.2, 0.25) is 0 Å². The van der Waals surface area contributed by atoms with Crippen molar-refractivity contribution in [3.05, 3.63) is 35.5 Å². The third-order valence-electron chi connectivity index (χ3n) is 3.72. The first kappa shape index (κ1) is 11.7. The van der Waals surface area contributed by atoms with Crippen molar-refractivity contribution < 1.29 is 8.78 Å². The van der Waals surface area contributed by atoms with E-state index in [1.165, 1.54) is 0 Å². The van der Waals surface area contributed by atoms with E-state index in [4.69, 9.17) is 0 Å². The van der Waals surface area contributed by atoms with Crippen LogP contribution in [-0.4, -0.2) is 4.57 Å². The van der Waals surface area contributed by atoms with Crippen molar-refractivity contribution in [3.8, 4) is 0 Å². The van der Waals surface area contributed by atoms with Gasteiger partial charge < -0.3 is 4.57 Å². The van der Waals surface area contributed by atoms with Gasteiger partial charge in [-0.15, -0.1) is 0 Å². The van der Waals surface area contributed by atoms with Crippen molar-refractivity contribution in [2.45, 2.75) is 45.1 Å². The zero-order valence-corrected chi connectivity index (χ0v) is 10.9. The lowest BCUT2D eigenvalue weighted by atomic mass is 9.83. The van der Waals surface area contributed by atoms with E-state index in [1.807, 2.05) is 45.0 Å². The van der Waals surface area contributed by atoms with E-state index in [-0.39, 0.29) is 17.5 Å². The van der Waals surface area contributed by atoms with Gasteiger partial charge in [0, 0.05) is 23.9 Å². The molecule has 1 aliphatic heterocycles. The smallest absolute Gasteiger partial charge is 0.289 e. The average molecular weight is 249 g/mol. The first-order valence-corrected chi connectivity index (χ1v) is 6.32. The molecule has 3 rings (SSSR count). The maximum absolute atomic E-state index is 14.1.